The van der Waals surface area contributed by atoms with E-state index < -0.39 is 0 Å². The Morgan fingerprint density at radius 3 is 2.00 bits per heavy atom. The molecule has 3 rings (SSSR count). The fraction of sp³-hybridized carbons (Fsp3) is 0.0952. The van der Waals surface area contributed by atoms with Gasteiger partial charge in [0.2, 0.25) is 0 Å². The maximum absolute atomic E-state index is 12.7. The molecule has 26 heavy (non-hydrogen) atoms. The zero-order valence-electron chi connectivity index (χ0n) is 14.6. The number of rotatable bonds is 4. The molecule has 132 valence electrons. The summed E-state index contributed by atoms with van der Waals surface area (Å²) in [4.78, 5) is 15.8. The Morgan fingerprint density at radius 2 is 1.38 bits per heavy atom. The number of hydrogen-bond acceptors (Lipinski definition) is 2. The summed E-state index contributed by atoms with van der Waals surface area (Å²) in [5.74, 6) is 1.24. The fourth-order valence-corrected chi connectivity index (χ4v) is 2.71. The molecule has 0 saturated carbocycles. The average Bonchev–Trinajstić information content (AvgIpc) is 2.69. The van der Waals surface area contributed by atoms with Crippen molar-refractivity contribution < 1.29 is 9.53 Å². The van der Waals surface area contributed by atoms with E-state index in [-0.39, 0.29) is 6.03 Å². The van der Waals surface area contributed by atoms with Gasteiger partial charge in [-0.15, -0.1) is 0 Å². The van der Waals surface area contributed by atoms with Crippen molar-refractivity contribution in [2.24, 2.45) is 0 Å². The van der Waals surface area contributed by atoms with Crippen molar-refractivity contribution in [3.05, 3.63) is 83.9 Å². The maximum atomic E-state index is 12.7. The first-order chi connectivity index (χ1) is 12.6. The maximum Gasteiger partial charge on any atom is 0.328 e. The number of amides is 2. The van der Waals surface area contributed by atoms with E-state index in [4.69, 9.17) is 16.3 Å². The minimum Gasteiger partial charge on any atom is -0.456 e. The quantitative estimate of drug-likeness (QED) is 0.582. The summed E-state index contributed by atoms with van der Waals surface area (Å²) in [5.41, 5.74) is 1.50. The van der Waals surface area contributed by atoms with Crippen LogP contribution in [-0.2, 0) is 0 Å². The van der Waals surface area contributed by atoms with Crippen LogP contribution >= 0.6 is 11.6 Å². The lowest BCUT2D eigenvalue weighted by Gasteiger charge is -2.25. The number of urea groups is 1. The fourth-order valence-electron chi connectivity index (χ4n) is 2.49. The molecule has 0 saturated heterocycles. The van der Waals surface area contributed by atoms with Crippen LogP contribution in [0.4, 0.5) is 16.2 Å². The number of nitrogens with zero attached hydrogens (tertiary/aromatic N) is 2. The molecule has 0 unspecified atom stereocenters. The Labute approximate surface area is 158 Å². The van der Waals surface area contributed by atoms with Gasteiger partial charge in [0.25, 0.3) is 0 Å². The first-order valence-electron chi connectivity index (χ1n) is 8.15. The van der Waals surface area contributed by atoms with Gasteiger partial charge < -0.3 is 4.74 Å². The second kappa shape index (κ2) is 7.93. The second-order valence-corrected chi connectivity index (χ2v) is 6.17. The molecule has 0 radical (unpaired) electrons. The zero-order valence-corrected chi connectivity index (χ0v) is 15.4. The van der Waals surface area contributed by atoms with E-state index in [0.29, 0.717) is 22.2 Å². The van der Waals surface area contributed by atoms with Crippen LogP contribution in [-0.4, -0.2) is 20.1 Å². The van der Waals surface area contributed by atoms with Gasteiger partial charge in [0, 0.05) is 25.5 Å². The van der Waals surface area contributed by atoms with Gasteiger partial charge in [-0.25, -0.2) is 4.79 Å². The lowest BCUT2D eigenvalue weighted by atomic mass is 10.2. The van der Waals surface area contributed by atoms with E-state index in [1.54, 1.807) is 42.1 Å². The molecule has 5 heteroatoms. The molecule has 0 aliphatic heterocycles. The van der Waals surface area contributed by atoms with Crippen LogP contribution in [0.15, 0.2) is 78.9 Å². The van der Waals surface area contributed by atoms with Crippen molar-refractivity contribution in [2.45, 2.75) is 0 Å². The number of halogens is 1. The van der Waals surface area contributed by atoms with Crippen LogP contribution in [0.1, 0.15) is 0 Å². The molecular weight excluding hydrogens is 348 g/mol. The number of para-hydroxylation sites is 2. The van der Waals surface area contributed by atoms with Gasteiger partial charge in [0.1, 0.15) is 11.5 Å². The number of carbonyl (C=O) groups excluding carboxylic acids is 1. The summed E-state index contributed by atoms with van der Waals surface area (Å²) in [6.45, 7) is 0. The van der Waals surface area contributed by atoms with E-state index >= 15 is 0 Å². The van der Waals surface area contributed by atoms with E-state index in [9.17, 15) is 4.79 Å². The van der Waals surface area contributed by atoms with Gasteiger partial charge in [0.05, 0.1) is 5.02 Å². The summed E-state index contributed by atoms with van der Waals surface area (Å²) >= 11 is 6.35. The third-order valence-corrected chi connectivity index (χ3v) is 4.29. The summed E-state index contributed by atoms with van der Waals surface area (Å²) in [6.07, 6.45) is 0. The smallest absolute Gasteiger partial charge is 0.328 e. The first kappa shape index (κ1) is 17.8. The van der Waals surface area contributed by atoms with Crippen LogP contribution in [0.2, 0.25) is 5.02 Å². The Hall–Kier alpha value is -2.98. The molecular formula is C21H19ClN2O2. The van der Waals surface area contributed by atoms with Crippen LogP contribution < -0.4 is 14.5 Å². The van der Waals surface area contributed by atoms with Gasteiger partial charge in [0.15, 0.2) is 0 Å². The summed E-state index contributed by atoms with van der Waals surface area (Å²) in [7, 11) is 3.45. The lowest BCUT2D eigenvalue weighted by Crippen LogP contribution is -2.38. The molecule has 0 N–H and O–H groups in total. The molecule has 3 aromatic carbocycles. The molecule has 4 nitrogen and oxygen atoms in total. The molecule has 2 amide bonds. The highest BCUT2D eigenvalue weighted by molar-refractivity contribution is 6.32. The van der Waals surface area contributed by atoms with E-state index in [1.807, 2.05) is 60.7 Å². The van der Waals surface area contributed by atoms with Crippen LogP contribution in [0.3, 0.4) is 0 Å². The van der Waals surface area contributed by atoms with E-state index in [0.717, 1.165) is 5.69 Å². The molecule has 0 spiro atoms. The third kappa shape index (κ3) is 3.98. The third-order valence-electron chi connectivity index (χ3n) is 3.99. The summed E-state index contributed by atoms with van der Waals surface area (Å²) in [6, 6.07) is 24.0. The Bertz CT molecular complexity index is 885. The summed E-state index contributed by atoms with van der Waals surface area (Å²) < 4.78 is 5.78. The molecule has 0 heterocycles. The predicted octanol–water partition coefficient (Wildman–Crippen LogP) is 5.82. The number of benzene rings is 3. The molecule has 0 fully saturated rings. The number of ether oxygens (including phenoxy) is 1. The number of carbonyl (C=O) groups is 1. The van der Waals surface area contributed by atoms with Crippen molar-refractivity contribution in [1.29, 1.82) is 0 Å². The topological polar surface area (TPSA) is 32.8 Å². The van der Waals surface area contributed by atoms with Crippen molar-refractivity contribution in [3.8, 4) is 11.5 Å². The molecule has 0 atom stereocenters. The van der Waals surface area contributed by atoms with Gasteiger partial charge in [-0.1, -0.05) is 48.0 Å². The van der Waals surface area contributed by atoms with Gasteiger partial charge in [-0.2, -0.15) is 0 Å². The highest BCUT2D eigenvalue weighted by Gasteiger charge is 2.18. The number of anilines is 2. The van der Waals surface area contributed by atoms with Crippen molar-refractivity contribution in [2.75, 3.05) is 23.9 Å². The normalized spacial score (nSPS) is 10.3. The zero-order chi connectivity index (χ0) is 18.5. The molecule has 3 aromatic rings. The van der Waals surface area contributed by atoms with Gasteiger partial charge >= 0.3 is 6.03 Å². The van der Waals surface area contributed by atoms with Crippen molar-refractivity contribution in [1.82, 2.24) is 0 Å². The molecule has 0 aliphatic carbocycles. The molecule has 0 bridgehead atoms. The highest BCUT2D eigenvalue weighted by atomic mass is 35.5. The predicted molar refractivity (Wildman–Crippen MR) is 107 cm³/mol. The van der Waals surface area contributed by atoms with Crippen LogP contribution in [0.5, 0.6) is 11.5 Å². The first-order valence-corrected chi connectivity index (χ1v) is 8.53. The van der Waals surface area contributed by atoms with Gasteiger partial charge in [-0.3, -0.25) is 9.80 Å². The SMILES string of the molecule is CN(C(=O)N(C)c1ccc(Oc2ccccc2)c(Cl)c1)c1ccccc1. The van der Waals surface area contributed by atoms with Crippen LogP contribution in [0.25, 0.3) is 0 Å². The second-order valence-electron chi connectivity index (χ2n) is 5.77. The average molecular weight is 367 g/mol. The highest BCUT2D eigenvalue weighted by Crippen LogP contribution is 2.33. The van der Waals surface area contributed by atoms with E-state index in [2.05, 4.69) is 0 Å². The largest absolute Gasteiger partial charge is 0.456 e. The van der Waals surface area contributed by atoms with Crippen molar-refractivity contribution >= 4 is 29.0 Å². The minimum absolute atomic E-state index is 0.163. The van der Waals surface area contributed by atoms with Gasteiger partial charge in [-0.05, 0) is 42.5 Å². The molecule has 0 aromatic heterocycles. The van der Waals surface area contributed by atoms with E-state index in [1.165, 1.54) is 0 Å². The number of hydrogen-bond donors (Lipinski definition) is 0. The Balaban J connectivity index is 1.76. The van der Waals surface area contributed by atoms with Crippen molar-refractivity contribution in [3.63, 3.8) is 0 Å². The lowest BCUT2D eigenvalue weighted by molar-refractivity contribution is 0.253. The Morgan fingerprint density at radius 1 is 0.808 bits per heavy atom. The summed E-state index contributed by atoms with van der Waals surface area (Å²) in [5, 5.41) is 0.438. The standard InChI is InChI=1S/C21H19ClN2O2/c1-23(16-9-5-3-6-10-16)21(25)24(2)17-13-14-20(19(22)15-17)26-18-11-7-4-8-12-18/h3-15H,1-2H3. The minimum atomic E-state index is -0.163. The van der Waals surface area contributed by atoms with Crippen LogP contribution in [0, 0.1) is 0 Å². The molecule has 0 aliphatic rings. The monoisotopic (exact) mass is 366 g/mol. The Kier molecular flexibility index (Phi) is 5.44.